The van der Waals surface area contributed by atoms with Crippen LogP contribution in [-0.2, 0) is 5.41 Å². The van der Waals surface area contributed by atoms with Crippen LogP contribution in [0.3, 0.4) is 0 Å². The van der Waals surface area contributed by atoms with Crippen LogP contribution >= 0.6 is 0 Å². The fourth-order valence-electron chi connectivity index (χ4n) is 6.71. The highest BCUT2D eigenvalue weighted by Gasteiger charge is 2.52. The molecule has 33 heavy (non-hydrogen) atoms. The Morgan fingerprint density at radius 3 is 2.15 bits per heavy atom. The first kappa shape index (κ1) is 22.0. The Hall–Kier alpha value is -2.77. The third kappa shape index (κ3) is 4.52. The van der Waals surface area contributed by atoms with Gasteiger partial charge < -0.3 is 14.9 Å². The molecule has 0 radical (unpaired) electrons. The van der Waals surface area contributed by atoms with E-state index in [9.17, 15) is 9.90 Å². The van der Waals surface area contributed by atoms with Crippen molar-refractivity contribution in [2.24, 2.45) is 23.7 Å². The SMILES string of the molecule is CC(CO)COc1ccc(C#Cc2ccc(C(=O)O)cc2)cc1C12CC3CC(CC(C3)C1)C2. The van der Waals surface area contributed by atoms with E-state index >= 15 is 0 Å². The molecule has 4 bridgehead atoms. The normalized spacial score (nSPS) is 28.1. The lowest BCUT2D eigenvalue weighted by Gasteiger charge is -2.57. The maximum Gasteiger partial charge on any atom is 0.335 e. The summed E-state index contributed by atoms with van der Waals surface area (Å²) >= 11 is 0. The van der Waals surface area contributed by atoms with Gasteiger partial charge in [0.05, 0.1) is 12.2 Å². The maximum atomic E-state index is 11.1. The summed E-state index contributed by atoms with van der Waals surface area (Å²) in [6.07, 6.45) is 7.92. The first-order chi connectivity index (χ1) is 15.9. The van der Waals surface area contributed by atoms with Gasteiger partial charge in [-0.1, -0.05) is 18.8 Å². The standard InChI is InChI=1S/C29H32O4/c1-19(17-30)18-33-27-9-6-21(3-2-20-4-7-25(8-5-20)28(31)32)13-26(27)29-14-22-10-23(15-29)12-24(11-22)16-29/h4-9,13,19,22-24,30H,10-12,14-18H2,1H3,(H,31,32). The van der Waals surface area contributed by atoms with Crippen molar-refractivity contribution >= 4 is 5.97 Å². The van der Waals surface area contributed by atoms with Crippen molar-refractivity contribution in [3.63, 3.8) is 0 Å². The van der Waals surface area contributed by atoms with Gasteiger partial charge in [0.2, 0.25) is 0 Å². The Morgan fingerprint density at radius 2 is 1.58 bits per heavy atom. The maximum absolute atomic E-state index is 11.1. The zero-order valence-corrected chi connectivity index (χ0v) is 19.2. The number of rotatable bonds is 6. The zero-order chi connectivity index (χ0) is 23.0. The van der Waals surface area contributed by atoms with E-state index in [1.54, 1.807) is 24.3 Å². The minimum absolute atomic E-state index is 0.0995. The molecule has 6 rings (SSSR count). The van der Waals surface area contributed by atoms with E-state index in [1.165, 1.54) is 44.1 Å². The highest BCUT2D eigenvalue weighted by molar-refractivity contribution is 5.87. The highest BCUT2D eigenvalue weighted by Crippen LogP contribution is 2.62. The number of carbonyl (C=O) groups is 1. The Labute approximate surface area is 196 Å². The van der Waals surface area contributed by atoms with Crippen molar-refractivity contribution in [3.05, 3.63) is 64.7 Å². The second-order valence-corrected chi connectivity index (χ2v) is 10.6. The molecule has 0 heterocycles. The largest absolute Gasteiger partial charge is 0.493 e. The molecule has 4 nitrogen and oxygen atoms in total. The lowest BCUT2D eigenvalue weighted by molar-refractivity contribution is -0.00659. The monoisotopic (exact) mass is 444 g/mol. The van der Waals surface area contributed by atoms with E-state index in [0.29, 0.717) is 6.61 Å². The van der Waals surface area contributed by atoms with Crippen LogP contribution < -0.4 is 4.74 Å². The highest BCUT2D eigenvalue weighted by atomic mass is 16.5. The van der Waals surface area contributed by atoms with Gasteiger partial charge in [-0.15, -0.1) is 0 Å². The van der Waals surface area contributed by atoms with Crippen molar-refractivity contribution in [1.82, 2.24) is 0 Å². The number of aliphatic hydroxyl groups is 1. The smallest absolute Gasteiger partial charge is 0.335 e. The lowest BCUT2D eigenvalue weighted by Crippen LogP contribution is -2.48. The van der Waals surface area contributed by atoms with E-state index in [2.05, 4.69) is 24.0 Å². The number of benzene rings is 2. The van der Waals surface area contributed by atoms with Gasteiger partial charge in [0, 0.05) is 29.2 Å². The summed E-state index contributed by atoms with van der Waals surface area (Å²) in [6.45, 7) is 2.63. The number of ether oxygens (including phenoxy) is 1. The third-order valence-corrected chi connectivity index (χ3v) is 7.91. The van der Waals surface area contributed by atoms with E-state index in [1.807, 2.05) is 13.0 Å². The molecule has 0 spiro atoms. The fraction of sp³-hybridized carbons (Fsp3) is 0.483. The van der Waals surface area contributed by atoms with Crippen molar-refractivity contribution < 1.29 is 19.7 Å². The second kappa shape index (κ2) is 8.88. The molecule has 0 amide bonds. The predicted octanol–water partition coefficient (Wildman–Crippen LogP) is 5.26. The molecule has 4 aliphatic rings. The molecular formula is C29H32O4. The lowest BCUT2D eigenvalue weighted by atomic mass is 9.48. The Kier molecular flexibility index (Phi) is 5.93. The first-order valence-electron chi connectivity index (χ1n) is 12.2. The molecule has 1 unspecified atom stereocenters. The minimum atomic E-state index is -0.930. The number of aliphatic hydroxyl groups excluding tert-OH is 1. The fourth-order valence-corrected chi connectivity index (χ4v) is 6.71. The van der Waals surface area contributed by atoms with Crippen molar-refractivity contribution in [3.8, 4) is 17.6 Å². The van der Waals surface area contributed by atoms with Gasteiger partial charge in [-0.25, -0.2) is 4.79 Å². The second-order valence-electron chi connectivity index (χ2n) is 10.6. The van der Waals surface area contributed by atoms with E-state index in [-0.39, 0.29) is 23.5 Å². The van der Waals surface area contributed by atoms with Crippen molar-refractivity contribution in [2.75, 3.05) is 13.2 Å². The van der Waals surface area contributed by atoms with E-state index in [0.717, 1.165) is 34.6 Å². The van der Waals surface area contributed by atoms with Crippen molar-refractivity contribution in [2.45, 2.75) is 50.9 Å². The average Bonchev–Trinajstić information content (AvgIpc) is 2.80. The van der Waals surface area contributed by atoms with Crippen molar-refractivity contribution in [1.29, 1.82) is 0 Å². The molecule has 172 valence electrons. The predicted molar refractivity (Wildman–Crippen MR) is 127 cm³/mol. The first-order valence-corrected chi connectivity index (χ1v) is 12.2. The summed E-state index contributed by atoms with van der Waals surface area (Å²) in [4.78, 5) is 11.1. The van der Waals surface area contributed by atoms with Crippen LogP contribution in [0.1, 0.15) is 72.5 Å². The van der Waals surface area contributed by atoms with E-state index in [4.69, 9.17) is 9.84 Å². The van der Waals surface area contributed by atoms with Crippen LogP contribution in [0.2, 0.25) is 0 Å². The molecule has 0 aliphatic heterocycles. The quantitative estimate of drug-likeness (QED) is 0.597. The molecule has 4 saturated carbocycles. The van der Waals surface area contributed by atoms with Crippen LogP contribution in [0.15, 0.2) is 42.5 Å². The molecule has 4 heteroatoms. The van der Waals surface area contributed by atoms with Crippen LogP contribution in [0, 0.1) is 35.5 Å². The number of carboxylic acids is 1. The average molecular weight is 445 g/mol. The number of hydrogen-bond acceptors (Lipinski definition) is 3. The summed E-state index contributed by atoms with van der Waals surface area (Å²) in [5.41, 5.74) is 3.52. The molecule has 0 aromatic heterocycles. The summed E-state index contributed by atoms with van der Waals surface area (Å²) in [6, 6.07) is 13.0. The van der Waals surface area contributed by atoms with Gasteiger partial charge >= 0.3 is 5.97 Å². The van der Waals surface area contributed by atoms with Gasteiger partial charge in [0.25, 0.3) is 0 Å². The molecule has 4 aliphatic carbocycles. The van der Waals surface area contributed by atoms with Crippen LogP contribution in [0.4, 0.5) is 0 Å². The third-order valence-electron chi connectivity index (χ3n) is 7.91. The Balaban J connectivity index is 1.47. The molecule has 0 saturated heterocycles. The van der Waals surface area contributed by atoms with Gasteiger partial charge in [-0.05, 0) is 104 Å². The van der Waals surface area contributed by atoms with Gasteiger partial charge in [0.15, 0.2) is 0 Å². The van der Waals surface area contributed by atoms with Crippen LogP contribution in [0.5, 0.6) is 5.75 Å². The van der Waals surface area contributed by atoms with Gasteiger partial charge in [0.1, 0.15) is 5.75 Å². The molecule has 4 fully saturated rings. The number of carboxylic acid groups (broad SMARTS) is 1. The summed E-state index contributed by atoms with van der Waals surface area (Å²) in [7, 11) is 0. The zero-order valence-electron chi connectivity index (χ0n) is 19.2. The van der Waals surface area contributed by atoms with Gasteiger partial charge in [-0.3, -0.25) is 0 Å². The van der Waals surface area contributed by atoms with E-state index < -0.39 is 5.97 Å². The summed E-state index contributed by atoms with van der Waals surface area (Å²) < 4.78 is 6.27. The summed E-state index contributed by atoms with van der Waals surface area (Å²) in [5, 5.41) is 18.5. The Morgan fingerprint density at radius 1 is 1.00 bits per heavy atom. The Bertz CT molecular complexity index is 1050. The van der Waals surface area contributed by atoms with Crippen LogP contribution in [-0.4, -0.2) is 29.4 Å². The van der Waals surface area contributed by atoms with Gasteiger partial charge in [-0.2, -0.15) is 0 Å². The molecule has 2 aromatic carbocycles. The topological polar surface area (TPSA) is 66.8 Å². The molecule has 2 N–H and O–H groups in total. The number of aromatic carboxylic acids is 1. The molecule has 2 aromatic rings. The minimum Gasteiger partial charge on any atom is -0.493 e. The number of hydrogen-bond donors (Lipinski definition) is 2. The summed E-state index contributed by atoms with van der Waals surface area (Å²) in [5.74, 6) is 9.11. The van der Waals surface area contributed by atoms with Crippen LogP contribution in [0.25, 0.3) is 0 Å². The molecule has 1 atom stereocenters. The molecular weight excluding hydrogens is 412 g/mol.